The summed E-state index contributed by atoms with van der Waals surface area (Å²) in [6, 6.07) is 3.93. The van der Waals surface area contributed by atoms with Crippen LogP contribution in [0.5, 0.6) is 0 Å². The van der Waals surface area contributed by atoms with Crippen molar-refractivity contribution in [1.29, 1.82) is 0 Å². The highest BCUT2D eigenvalue weighted by atomic mass is 15.2. The molecule has 2 aromatic rings. The molecule has 2 aromatic heterocycles. The number of anilines is 1. The molecule has 0 spiro atoms. The molecule has 1 saturated heterocycles. The summed E-state index contributed by atoms with van der Waals surface area (Å²) in [5.41, 5.74) is 7.76. The van der Waals surface area contributed by atoms with E-state index in [1.54, 1.807) is 6.20 Å². The van der Waals surface area contributed by atoms with Gasteiger partial charge in [0.05, 0.1) is 0 Å². The van der Waals surface area contributed by atoms with E-state index in [2.05, 4.69) is 19.9 Å². The highest BCUT2D eigenvalue weighted by Gasteiger charge is 2.19. The Morgan fingerprint density at radius 3 is 2.45 bits per heavy atom. The van der Waals surface area contributed by atoms with E-state index in [9.17, 15) is 0 Å². The quantitative estimate of drug-likeness (QED) is 0.918. The topological polar surface area (TPSA) is 67.9 Å². The highest BCUT2D eigenvalue weighted by molar-refractivity contribution is 5.60. The van der Waals surface area contributed by atoms with Crippen LogP contribution in [-0.2, 0) is 0 Å². The van der Waals surface area contributed by atoms with E-state index < -0.39 is 0 Å². The summed E-state index contributed by atoms with van der Waals surface area (Å²) in [6.45, 7) is 2.77. The van der Waals surface area contributed by atoms with Gasteiger partial charge in [-0.05, 0) is 31.4 Å². The van der Waals surface area contributed by atoms with Gasteiger partial charge in [0.15, 0.2) is 0 Å². The molecule has 2 N–H and O–H groups in total. The smallest absolute Gasteiger partial charge is 0.225 e. The zero-order valence-electron chi connectivity index (χ0n) is 11.4. The Bertz CT molecular complexity index is 532. The second-order valence-electron chi connectivity index (χ2n) is 5.18. The normalized spacial score (nSPS) is 16.4. The van der Waals surface area contributed by atoms with Gasteiger partial charge >= 0.3 is 0 Å². The minimum Gasteiger partial charge on any atom is -0.341 e. The molecule has 3 heterocycles. The van der Waals surface area contributed by atoms with Crippen molar-refractivity contribution in [1.82, 2.24) is 15.0 Å². The van der Waals surface area contributed by atoms with E-state index >= 15 is 0 Å². The molecule has 0 amide bonds. The predicted molar refractivity (Wildman–Crippen MR) is 79.3 cm³/mol. The van der Waals surface area contributed by atoms with E-state index in [0.29, 0.717) is 5.92 Å². The van der Waals surface area contributed by atoms with Gasteiger partial charge in [0.1, 0.15) is 0 Å². The lowest BCUT2D eigenvalue weighted by Gasteiger charge is -2.31. The fourth-order valence-electron chi connectivity index (χ4n) is 2.54. The van der Waals surface area contributed by atoms with Crippen molar-refractivity contribution >= 4 is 5.95 Å². The number of pyridine rings is 1. The zero-order valence-corrected chi connectivity index (χ0v) is 11.4. The second-order valence-corrected chi connectivity index (χ2v) is 5.18. The summed E-state index contributed by atoms with van der Waals surface area (Å²) in [6.07, 6.45) is 9.59. The Morgan fingerprint density at radius 1 is 1.10 bits per heavy atom. The van der Waals surface area contributed by atoms with Crippen LogP contribution in [0.1, 0.15) is 12.8 Å². The summed E-state index contributed by atoms with van der Waals surface area (Å²) in [4.78, 5) is 15.3. The fraction of sp³-hybridized carbons (Fsp3) is 0.400. The van der Waals surface area contributed by atoms with Crippen LogP contribution in [0.2, 0.25) is 0 Å². The minimum atomic E-state index is 0.654. The lowest BCUT2D eigenvalue weighted by molar-refractivity contribution is 0.411. The summed E-state index contributed by atoms with van der Waals surface area (Å²) >= 11 is 0. The second kappa shape index (κ2) is 5.96. The molecule has 104 valence electrons. The van der Waals surface area contributed by atoms with Crippen molar-refractivity contribution in [3.8, 4) is 11.1 Å². The lowest BCUT2D eigenvalue weighted by Crippen LogP contribution is -2.37. The molecule has 3 rings (SSSR count). The number of nitrogens with two attached hydrogens (primary N) is 1. The maximum absolute atomic E-state index is 5.72. The van der Waals surface area contributed by atoms with E-state index in [1.807, 2.05) is 30.7 Å². The number of aromatic nitrogens is 3. The zero-order chi connectivity index (χ0) is 13.8. The minimum absolute atomic E-state index is 0.654. The van der Waals surface area contributed by atoms with Gasteiger partial charge in [-0.2, -0.15) is 0 Å². The third-order valence-corrected chi connectivity index (χ3v) is 3.86. The molecular weight excluding hydrogens is 250 g/mol. The Labute approximate surface area is 118 Å². The van der Waals surface area contributed by atoms with Crippen molar-refractivity contribution in [2.24, 2.45) is 11.7 Å². The fourth-order valence-corrected chi connectivity index (χ4v) is 2.54. The van der Waals surface area contributed by atoms with Gasteiger partial charge in [0.2, 0.25) is 5.95 Å². The van der Waals surface area contributed by atoms with Crippen LogP contribution in [0.4, 0.5) is 5.95 Å². The van der Waals surface area contributed by atoms with Crippen molar-refractivity contribution in [3.63, 3.8) is 0 Å². The third-order valence-electron chi connectivity index (χ3n) is 3.86. The molecule has 1 aliphatic heterocycles. The van der Waals surface area contributed by atoms with Gasteiger partial charge in [-0.3, -0.25) is 4.98 Å². The van der Waals surface area contributed by atoms with Gasteiger partial charge < -0.3 is 10.6 Å². The first kappa shape index (κ1) is 13.0. The van der Waals surface area contributed by atoms with Crippen LogP contribution in [-0.4, -0.2) is 34.6 Å². The molecule has 5 nitrogen and oxygen atoms in total. The first-order valence-corrected chi connectivity index (χ1v) is 7.04. The molecule has 0 unspecified atom stereocenters. The number of nitrogens with zero attached hydrogens (tertiary/aromatic N) is 4. The van der Waals surface area contributed by atoms with E-state index in [-0.39, 0.29) is 0 Å². The van der Waals surface area contributed by atoms with Crippen LogP contribution in [0.3, 0.4) is 0 Å². The van der Waals surface area contributed by atoms with Crippen LogP contribution in [0.25, 0.3) is 11.1 Å². The van der Waals surface area contributed by atoms with E-state index in [4.69, 9.17) is 5.73 Å². The van der Waals surface area contributed by atoms with Gasteiger partial charge in [0, 0.05) is 49.0 Å². The van der Waals surface area contributed by atoms with Gasteiger partial charge in [0.25, 0.3) is 0 Å². The Morgan fingerprint density at radius 2 is 1.85 bits per heavy atom. The van der Waals surface area contributed by atoms with Gasteiger partial charge in [-0.25, -0.2) is 9.97 Å². The summed E-state index contributed by atoms with van der Waals surface area (Å²) in [7, 11) is 0. The summed E-state index contributed by atoms with van der Waals surface area (Å²) in [5, 5.41) is 0. The molecule has 0 aromatic carbocycles. The molecule has 0 saturated carbocycles. The van der Waals surface area contributed by atoms with Crippen LogP contribution >= 0.6 is 0 Å². The van der Waals surface area contributed by atoms with Crippen molar-refractivity contribution in [3.05, 3.63) is 36.9 Å². The highest BCUT2D eigenvalue weighted by Crippen LogP contribution is 2.21. The molecule has 5 heteroatoms. The van der Waals surface area contributed by atoms with E-state index in [1.165, 1.54) is 0 Å². The Balaban J connectivity index is 1.71. The molecule has 1 aliphatic rings. The summed E-state index contributed by atoms with van der Waals surface area (Å²) in [5.74, 6) is 1.47. The third kappa shape index (κ3) is 2.77. The molecular formula is C15H19N5. The molecule has 20 heavy (non-hydrogen) atoms. The Hall–Kier alpha value is -2.01. The molecule has 0 bridgehead atoms. The predicted octanol–water partition coefficient (Wildman–Crippen LogP) is 1.71. The standard InChI is InChI=1S/C15H19N5/c16-8-12-3-6-20(7-4-12)15-18-10-14(11-19-15)13-2-1-5-17-9-13/h1-2,5,9-12H,3-4,6-8,16H2. The van der Waals surface area contributed by atoms with Gasteiger partial charge in [-0.15, -0.1) is 0 Å². The first-order chi connectivity index (χ1) is 9.86. The average molecular weight is 269 g/mol. The van der Waals surface area contributed by atoms with Crippen LogP contribution in [0, 0.1) is 5.92 Å². The summed E-state index contributed by atoms with van der Waals surface area (Å²) < 4.78 is 0. The maximum Gasteiger partial charge on any atom is 0.225 e. The first-order valence-electron chi connectivity index (χ1n) is 7.04. The van der Waals surface area contributed by atoms with Crippen molar-refractivity contribution in [2.75, 3.05) is 24.5 Å². The molecule has 0 radical (unpaired) electrons. The SMILES string of the molecule is NCC1CCN(c2ncc(-c3cccnc3)cn2)CC1. The molecule has 0 aliphatic carbocycles. The Kier molecular flexibility index (Phi) is 3.87. The van der Waals surface area contributed by atoms with Crippen molar-refractivity contribution in [2.45, 2.75) is 12.8 Å². The van der Waals surface area contributed by atoms with E-state index in [0.717, 1.165) is 49.6 Å². The monoisotopic (exact) mass is 269 g/mol. The number of hydrogen-bond acceptors (Lipinski definition) is 5. The van der Waals surface area contributed by atoms with Crippen molar-refractivity contribution < 1.29 is 0 Å². The lowest BCUT2D eigenvalue weighted by atomic mass is 9.97. The van der Waals surface area contributed by atoms with Gasteiger partial charge in [-0.1, -0.05) is 6.07 Å². The number of piperidine rings is 1. The molecule has 1 fully saturated rings. The number of hydrogen-bond donors (Lipinski definition) is 1. The number of rotatable bonds is 3. The van der Waals surface area contributed by atoms with Crippen LogP contribution in [0.15, 0.2) is 36.9 Å². The van der Waals surface area contributed by atoms with Crippen LogP contribution < -0.4 is 10.6 Å². The maximum atomic E-state index is 5.72. The average Bonchev–Trinajstić information content (AvgIpc) is 2.56. The largest absolute Gasteiger partial charge is 0.341 e. The molecule has 0 atom stereocenters.